The summed E-state index contributed by atoms with van der Waals surface area (Å²) in [6.07, 6.45) is 0.961. The first kappa shape index (κ1) is 17.9. The largest absolute Gasteiger partial charge is 0.347 e. The number of hydrogen-bond acceptors (Lipinski definition) is 3. The number of nitrogens with one attached hydrogen (secondary N) is 2. The van der Waals surface area contributed by atoms with E-state index in [1.54, 1.807) is 21.0 Å². The molecule has 0 aliphatic carbocycles. The Hall–Kier alpha value is -1.10. The SMILES string of the molecule is CCC(C)NC(C(=O)N[C@@H](C)C(=O)N(C)C)C(C)C. The average molecular weight is 271 g/mol. The molecule has 0 aliphatic heterocycles. The van der Waals surface area contributed by atoms with E-state index in [1.807, 2.05) is 13.8 Å². The van der Waals surface area contributed by atoms with Crippen LogP contribution in [0.5, 0.6) is 0 Å². The van der Waals surface area contributed by atoms with Crippen LogP contribution in [0.3, 0.4) is 0 Å². The Morgan fingerprint density at radius 2 is 1.63 bits per heavy atom. The van der Waals surface area contributed by atoms with Crippen LogP contribution in [-0.2, 0) is 9.59 Å². The molecular weight excluding hydrogens is 242 g/mol. The van der Waals surface area contributed by atoms with Gasteiger partial charge in [0.25, 0.3) is 0 Å². The van der Waals surface area contributed by atoms with Crippen LogP contribution in [0.15, 0.2) is 0 Å². The van der Waals surface area contributed by atoms with Crippen LogP contribution in [0.2, 0.25) is 0 Å². The molecule has 112 valence electrons. The van der Waals surface area contributed by atoms with Gasteiger partial charge in [0.1, 0.15) is 6.04 Å². The van der Waals surface area contributed by atoms with Gasteiger partial charge < -0.3 is 15.5 Å². The van der Waals surface area contributed by atoms with Crippen LogP contribution in [0.25, 0.3) is 0 Å². The zero-order valence-corrected chi connectivity index (χ0v) is 13.3. The highest BCUT2D eigenvalue weighted by Crippen LogP contribution is 2.05. The van der Waals surface area contributed by atoms with E-state index >= 15 is 0 Å². The molecule has 0 radical (unpaired) electrons. The van der Waals surface area contributed by atoms with Crippen LogP contribution in [0, 0.1) is 5.92 Å². The van der Waals surface area contributed by atoms with Gasteiger partial charge in [-0.15, -0.1) is 0 Å². The summed E-state index contributed by atoms with van der Waals surface area (Å²) in [5.41, 5.74) is 0. The van der Waals surface area contributed by atoms with Gasteiger partial charge in [0.05, 0.1) is 6.04 Å². The topological polar surface area (TPSA) is 61.4 Å². The van der Waals surface area contributed by atoms with Crippen LogP contribution < -0.4 is 10.6 Å². The maximum absolute atomic E-state index is 12.2. The number of hydrogen-bond donors (Lipinski definition) is 2. The molecule has 0 heterocycles. The number of nitrogens with zero attached hydrogens (tertiary/aromatic N) is 1. The van der Waals surface area contributed by atoms with Gasteiger partial charge in [0.2, 0.25) is 11.8 Å². The standard InChI is InChI=1S/C14H29N3O2/c1-8-10(4)15-12(9(2)3)13(18)16-11(5)14(19)17(6)7/h9-12,15H,8H2,1-7H3,(H,16,18)/t10?,11-,12?/m0/s1. The third-order valence-corrected chi connectivity index (χ3v) is 3.20. The van der Waals surface area contributed by atoms with Gasteiger partial charge in [-0.3, -0.25) is 9.59 Å². The van der Waals surface area contributed by atoms with Gasteiger partial charge in [-0.25, -0.2) is 0 Å². The second kappa shape index (κ2) is 8.15. The molecule has 0 fully saturated rings. The molecule has 2 unspecified atom stereocenters. The molecule has 0 aromatic rings. The number of carbonyl (C=O) groups is 2. The Balaban J connectivity index is 4.61. The highest BCUT2D eigenvalue weighted by Gasteiger charge is 2.26. The van der Waals surface area contributed by atoms with Crippen molar-refractivity contribution in [3.05, 3.63) is 0 Å². The zero-order chi connectivity index (χ0) is 15.2. The lowest BCUT2D eigenvalue weighted by atomic mass is 10.0. The number of carbonyl (C=O) groups excluding carboxylic acids is 2. The molecule has 0 aliphatic rings. The summed E-state index contributed by atoms with van der Waals surface area (Å²) < 4.78 is 0. The van der Waals surface area contributed by atoms with E-state index in [1.165, 1.54) is 4.90 Å². The summed E-state index contributed by atoms with van der Waals surface area (Å²) in [4.78, 5) is 25.5. The Morgan fingerprint density at radius 1 is 1.11 bits per heavy atom. The van der Waals surface area contributed by atoms with Crippen LogP contribution >= 0.6 is 0 Å². The van der Waals surface area contributed by atoms with Crippen LogP contribution in [0.4, 0.5) is 0 Å². The van der Waals surface area contributed by atoms with Crippen molar-refractivity contribution in [1.82, 2.24) is 15.5 Å². The van der Waals surface area contributed by atoms with Gasteiger partial charge in [0.15, 0.2) is 0 Å². The molecule has 5 heteroatoms. The molecule has 0 saturated carbocycles. The Morgan fingerprint density at radius 3 is 2.00 bits per heavy atom. The van der Waals surface area contributed by atoms with Gasteiger partial charge in [0, 0.05) is 20.1 Å². The van der Waals surface area contributed by atoms with Crippen molar-refractivity contribution in [3.63, 3.8) is 0 Å². The van der Waals surface area contributed by atoms with Crippen molar-refractivity contribution in [2.24, 2.45) is 5.92 Å². The first-order chi connectivity index (χ1) is 8.70. The van der Waals surface area contributed by atoms with E-state index in [-0.39, 0.29) is 29.8 Å². The molecule has 0 rings (SSSR count). The fourth-order valence-corrected chi connectivity index (χ4v) is 1.75. The van der Waals surface area contributed by atoms with Crippen molar-refractivity contribution in [3.8, 4) is 0 Å². The summed E-state index contributed by atoms with van der Waals surface area (Å²) >= 11 is 0. The maximum Gasteiger partial charge on any atom is 0.244 e. The third-order valence-electron chi connectivity index (χ3n) is 3.20. The summed E-state index contributed by atoms with van der Waals surface area (Å²) in [6, 6.07) is -0.493. The number of rotatable bonds is 7. The van der Waals surface area contributed by atoms with Crippen LogP contribution in [0.1, 0.15) is 41.0 Å². The molecule has 0 saturated heterocycles. The maximum atomic E-state index is 12.2. The van der Waals surface area contributed by atoms with Crippen LogP contribution in [-0.4, -0.2) is 48.9 Å². The Labute approximate surface area is 117 Å². The minimum Gasteiger partial charge on any atom is -0.347 e. The van der Waals surface area contributed by atoms with E-state index in [9.17, 15) is 9.59 Å². The van der Waals surface area contributed by atoms with Crippen molar-refractivity contribution >= 4 is 11.8 Å². The smallest absolute Gasteiger partial charge is 0.244 e. The van der Waals surface area contributed by atoms with E-state index < -0.39 is 6.04 Å². The van der Waals surface area contributed by atoms with E-state index in [0.29, 0.717) is 0 Å². The summed E-state index contributed by atoms with van der Waals surface area (Å²) in [5.74, 6) is -0.0342. The monoisotopic (exact) mass is 271 g/mol. The molecule has 2 N–H and O–H groups in total. The molecule has 2 amide bonds. The lowest BCUT2D eigenvalue weighted by Crippen LogP contribution is -2.54. The summed E-state index contributed by atoms with van der Waals surface area (Å²) in [7, 11) is 3.37. The molecule has 19 heavy (non-hydrogen) atoms. The normalized spacial score (nSPS) is 15.8. The highest BCUT2D eigenvalue weighted by atomic mass is 16.2. The van der Waals surface area contributed by atoms with Gasteiger partial charge in [-0.1, -0.05) is 20.8 Å². The first-order valence-corrected chi connectivity index (χ1v) is 6.98. The predicted octanol–water partition coefficient (Wildman–Crippen LogP) is 0.992. The Kier molecular flexibility index (Phi) is 7.68. The van der Waals surface area contributed by atoms with Gasteiger partial charge in [-0.05, 0) is 26.2 Å². The second-order valence-corrected chi connectivity index (χ2v) is 5.66. The van der Waals surface area contributed by atoms with Crippen molar-refractivity contribution in [2.75, 3.05) is 14.1 Å². The minimum absolute atomic E-state index is 0.0978. The molecular formula is C14H29N3O2. The zero-order valence-electron chi connectivity index (χ0n) is 13.3. The first-order valence-electron chi connectivity index (χ1n) is 6.98. The molecule has 0 bridgehead atoms. The quantitative estimate of drug-likeness (QED) is 0.726. The Bertz CT molecular complexity index is 303. The number of amides is 2. The highest BCUT2D eigenvalue weighted by molar-refractivity contribution is 5.89. The third kappa shape index (κ3) is 6.05. The fraction of sp³-hybridized carbons (Fsp3) is 0.857. The van der Waals surface area contributed by atoms with E-state index in [2.05, 4.69) is 24.5 Å². The fourth-order valence-electron chi connectivity index (χ4n) is 1.75. The second-order valence-electron chi connectivity index (χ2n) is 5.66. The summed E-state index contributed by atoms with van der Waals surface area (Å²) in [6.45, 7) is 9.83. The van der Waals surface area contributed by atoms with E-state index in [0.717, 1.165) is 6.42 Å². The molecule has 3 atom stereocenters. The van der Waals surface area contributed by atoms with Crippen molar-refractivity contribution in [1.29, 1.82) is 0 Å². The van der Waals surface area contributed by atoms with Gasteiger partial charge >= 0.3 is 0 Å². The lowest BCUT2D eigenvalue weighted by Gasteiger charge is -2.27. The van der Waals surface area contributed by atoms with Gasteiger partial charge in [-0.2, -0.15) is 0 Å². The predicted molar refractivity (Wildman–Crippen MR) is 77.8 cm³/mol. The van der Waals surface area contributed by atoms with Crippen molar-refractivity contribution < 1.29 is 9.59 Å². The molecule has 0 aromatic heterocycles. The molecule has 5 nitrogen and oxygen atoms in total. The average Bonchev–Trinajstić information content (AvgIpc) is 2.33. The van der Waals surface area contributed by atoms with E-state index in [4.69, 9.17) is 0 Å². The minimum atomic E-state index is -0.498. The van der Waals surface area contributed by atoms with Crippen molar-refractivity contribution in [2.45, 2.75) is 59.2 Å². The lowest BCUT2D eigenvalue weighted by molar-refractivity contribution is -0.134. The summed E-state index contributed by atoms with van der Waals surface area (Å²) in [5, 5.41) is 6.08. The molecule has 0 aromatic carbocycles. The molecule has 0 spiro atoms. The number of likely N-dealkylation sites (N-methyl/N-ethyl adjacent to an activating group) is 1.